The van der Waals surface area contributed by atoms with Gasteiger partial charge >= 0.3 is 0 Å². The van der Waals surface area contributed by atoms with Crippen LogP contribution in [0, 0.1) is 23.3 Å². The number of hydrogen-bond donors (Lipinski definition) is 1. The second-order valence-corrected chi connectivity index (χ2v) is 6.78. The van der Waals surface area contributed by atoms with E-state index in [-0.39, 0.29) is 13.0 Å². The van der Waals surface area contributed by atoms with Crippen LogP contribution in [0.4, 0.5) is 17.6 Å². The Kier molecular flexibility index (Phi) is 7.89. The predicted molar refractivity (Wildman–Crippen MR) is 99.8 cm³/mol. The van der Waals surface area contributed by atoms with Crippen molar-refractivity contribution in [3.63, 3.8) is 0 Å². The zero-order chi connectivity index (χ0) is 21.7. The Balaban J connectivity index is 2.14. The molecule has 2 rings (SSSR count). The van der Waals surface area contributed by atoms with Crippen molar-refractivity contribution < 1.29 is 27.1 Å². The summed E-state index contributed by atoms with van der Waals surface area (Å²) in [5, 5.41) is 6.73. The Labute approximate surface area is 171 Å². The summed E-state index contributed by atoms with van der Waals surface area (Å²) in [4.78, 5) is 12.2. The third-order valence-corrected chi connectivity index (χ3v) is 4.79. The number of benzene rings is 1. The van der Waals surface area contributed by atoms with Crippen LogP contribution in [-0.4, -0.2) is 22.3 Å². The van der Waals surface area contributed by atoms with Gasteiger partial charge in [0, 0.05) is 19.2 Å². The lowest BCUT2D eigenvalue weighted by Gasteiger charge is -2.13. The number of unbranched alkanes of at least 4 members (excludes halogenated alkanes) is 1. The first-order valence-electron chi connectivity index (χ1n) is 9.17. The Morgan fingerprint density at radius 2 is 1.76 bits per heavy atom. The lowest BCUT2D eigenvalue weighted by atomic mass is 10.1. The van der Waals surface area contributed by atoms with Gasteiger partial charge in [0.2, 0.25) is 17.5 Å². The van der Waals surface area contributed by atoms with E-state index in [1.54, 1.807) is 7.05 Å². The molecule has 1 aromatic heterocycles. The van der Waals surface area contributed by atoms with Gasteiger partial charge in [-0.05, 0) is 12.8 Å². The largest absolute Gasteiger partial charge is 0.487 e. The number of carbonyl (C=O) groups excluding carboxylic acids is 1. The van der Waals surface area contributed by atoms with E-state index >= 15 is 0 Å². The summed E-state index contributed by atoms with van der Waals surface area (Å²) in [5.74, 6) is -8.22. The highest BCUT2D eigenvalue weighted by molar-refractivity contribution is 6.32. The molecule has 1 amide bonds. The van der Waals surface area contributed by atoms with Crippen molar-refractivity contribution in [3.8, 4) is 5.75 Å². The molecule has 1 N–H and O–H groups in total. The van der Waals surface area contributed by atoms with E-state index in [1.165, 1.54) is 4.68 Å². The number of amides is 1. The average Bonchev–Trinajstić information content (AvgIpc) is 2.96. The van der Waals surface area contributed by atoms with Crippen molar-refractivity contribution in [1.29, 1.82) is 0 Å². The lowest BCUT2D eigenvalue weighted by molar-refractivity contribution is -0.120. The van der Waals surface area contributed by atoms with E-state index in [0.717, 1.165) is 0 Å². The van der Waals surface area contributed by atoms with Crippen molar-refractivity contribution in [1.82, 2.24) is 15.1 Å². The SMILES string of the molecule is CCCCOc1c(F)c(F)c(CNC(=O)Cc2c(Cl)c(CC)nn2C)c(F)c1F. The quantitative estimate of drug-likeness (QED) is 0.364. The molecule has 0 bridgehead atoms. The van der Waals surface area contributed by atoms with Crippen molar-refractivity contribution in [2.75, 3.05) is 6.61 Å². The van der Waals surface area contributed by atoms with Gasteiger partial charge in [0.1, 0.15) is 0 Å². The van der Waals surface area contributed by atoms with Crippen LogP contribution in [0.15, 0.2) is 0 Å². The summed E-state index contributed by atoms with van der Waals surface area (Å²) in [6.07, 6.45) is 1.50. The second kappa shape index (κ2) is 9.96. The molecule has 0 unspecified atom stereocenters. The molecular formula is C19H22ClF4N3O2. The molecule has 5 nitrogen and oxygen atoms in total. The second-order valence-electron chi connectivity index (χ2n) is 6.40. The van der Waals surface area contributed by atoms with Crippen LogP contribution in [0.3, 0.4) is 0 Å². The lowest BCUT2D eigenvalue weighted by Crippen LogP contribution is -2.27. The maximum Gasteiger partial charge on any atom is 0.226 e. The van der Waals surface area contributed by atoms with Gasteiger partial charge in [-0.3, -0.25) is 9.48 Å². The summed E-state index contributed by atoms with van der Waals surface area (Å²) < 4.78 is 62.9. The van der Waals surface area contributed by atoms with Crippen LogP contribution < -0.4 is 10.1 Å². The fourth-order valence-corrected chi connectivity index (χ4v) is 3.03. The topological polar surface area (TPSA) is 56.1 Å². The van der Waals surface area contributed by atoms with E-state index < -0.39 is 47.0 Å². The van der Waals surface area contributed by atoms with Gasteiger partial charge in [0.25, 0.3) is 0 Å². The molecule has 29 heavy (non-hydrogen) atoms. The highest BCUT2D eigenvalue weighted by atomic mass is 35.5. The number of aromatic nitrogens is 2. The van der Waals surface area contributed by atoms with E-state index in [2.05, 4.69) is 10.4 Å². The molecule has 1 heterocycles. The highest BCUT2D eigenvalue weighted by Crippen LogP contribution is 2.30. The molecule has 1 aromatic carbocycles. The third kappa shape index (κ3) is 5.01. The minimum atomic E-state index is -1.63. The third-order valence-electron chi connectivity index (χ3n) is 4.35. The number of rotatable bonds is 9. The van der Waals surface area contributed by atoms with Crippen molar-refractivity contribution in [2.45, 2.75) is 46.1 Å². The van der Waals surface area contributed by atoms with E-state index in [0.29, 0.717) is 35.7 Å². The van der Waals surface area contributed by atoms with Gasteiger partial charge < -0.3 is 10.1 Å². The number of nitrogens with one attached hydrogen (secondary N) is 1. The zero-order valence-electron chi connectivity index (χ0n) is 16.3. The Hall–Kier alpha value is -2.29. The van der Waals surface area contributed by atoms with Crippen LogP contribution in [-0.2, 0) is 31.2 Å². The number of nitrogens with zero attached hydrogens (tertiary/aromatic N) is 2. The summed E-state index contributed by atoms with van der Waals surface area (Å²) in [6, 6.07) is 0. The first kappa shape index (κ1) is 23.0. The number of hydrogen-bond acceptors (Lipinski definition) is 3. The first-order chi connectivity index (χ1) is 13.7. The molecule has 0 aliphatic rings. The van der Waals surface area contributed by atoms with Gasteiger partial charge in [-0.15, -0.1) is 0 Å². The van der Waals surface area contributed by atoms with Crippen molar-refractivity contribution in [3.05, 3.63) is 45.2 Å². The maximum atomic E-state index is 14.2. The highest BCUT2D eigenvalue weighted by Gasteiger charge is 2.27. The van der Waals surface area contributed by atoms with Crippen molar-refractivity contribution >= 4 is 17.5 Å². The molecule has 0 aliphatic heterocycles. The molecule has 0 spiro atoms. The van der Waals surface area contributed by atoms with Crippen LogP contribution in [0.5, 0.6) is 5.75 Å². The van der Waals surface area contributed by atoms with Gasteiger partial charge in [-0.2, -0.15) is 13.9 Å². The van der Waals surface area contributed by atoms with Crippen LogP contribution in [0.2, 0.25) is 5.02 Å². The summed E-state index contributed by atoms with van der Waals surface area (Å²) in [6.45, 7) is 2.85. The Morgan fingerprint density at radius 1 is 1.14 bits per heavy atom. The molecule has 0 fully saturated rings. The first-order valence-corrected chi connectivity index (χ1v) is 9.55. The molecule has 0 saturated carbocycles. The molecule has 160 valence electrons. The smallest absolute Gasteiger partial charge is 0.226 e. The van der Waals surface area contributed by atoms with Gasteiger partial charge in [0.05, 0.1) is 29.4 Å². The number of carbonyl (C=O) groups is 1. The molecule has 0 saturated heterocycles. The number of halogens is 5. The van der Waals surface area contributed by atoms with E-state index in [1.807, 2.05) is 13.8 Å². The minimum Gasteiger partial charge on any atom is -0.487 e. The van der Waals surface area contributed by atoms with Crippen LogP contribution >= 0.6 is 11.6 Å². The molecule has 10 heteroatoms. The summed E-state index contributed by atoms with van der Waals surface area (Å²) >= 11 is 6.16. The Morgan fingerprint density at radius 3 is 2.28 bits per heavy atom. The average molecular weight is 436 g/mol. The number of aryl methyl sites for hydroxylation is 2. The van der Waals surface area contributed by atoms with E-state index in [9.17, 15) is 22.4 Å². The van der Waals surface area contributed by atoms with Gasteiger partial charge in [0.15, 0.2) is 17.4 Å². The molecule has 0 radical (unpaired) electrons. The van der Waals surface area contributed by atoms with E-state index in [4.69, 9.17) is 16.3 Å². The fraction of sp³-hybridized carbons (Fsp3) is 0.474. The molecule has 0 aliphatic carbocycles. The number of ether oxygens (including phenoxy) is 1. The summed E-state index contributed by atoms with van der Waals surface area (Å²) in [5.41, 5.74) is 0.0948. The fourth-order valence-electron chi connectivity index (χ4n) is 2.67. The van der Waals surface area contributed by atoms with Crippen molar-refractivity contribution in [2.24, 2.45) is 7.05 Å². The zero-order valence-corrected chi connectivity index (χ0v) is 17.1. The van der Waals surface area contributed by atoms with Crippen LogP contribution in [0.25, 0.3) is 0 Å². The Bertz CT molecular complexity index is 873. The molecular weight excluding hydrogens is 414 g/mol. The monoisotopic (exact) mass is 435 g/mol. The standard InChI is InChI=1S/C19H22ClF4N3O2/c1-4-6-7-29-19-17(23)15(21)10(16(22)18(19)24)9-25-13(28)8-12-14(20)11(5-2)26-27(12)3/h4-9H2,1-3H3,(H,25,28). The van der Waals surface area contributed by atoms with Crippen LogP contribution in [0.1, 0.15) is 43.6 Å². The maximum absolute atomic E-state index is 14.2. The molecule has 2 aromatic rings. The molecule has 0 atom stereocenters. The normalized spacial score (nSPS) is 11.0. The van der Waals surface area contributed by atoms with Gasteiger partial charge in [-0.1, -0.05) is 31.9 Å². The van der Waals surface area contributed by atoms with Gasteiger partial charge in [-0.25, -0.2) is 8.78 Å². The predicted octanol–water partition coefficient (Wildman–Crippen LogP) is 4.23. The minimum absolute atomic E-state index is 0.0789. The summed E-state index contributed by atoms with van der Waals surface area (Å²) in [7, 11) is 1.61.